The highest BCUT2D eigenvalue weighted by molar-refractivity contribution is 8.15. The van der Waals surface area contributed by atoms with Crippen molar-refractivity contribution >= 4 is 34.6 Å². The van der Waals surface area contributed by atoms with Gasteiger partial charge in [-0.05, 0) is 59.9 Å². The maximum absolute atomic E-state index is 12.6. The lowest BCUT2D eigenvalue weighted by Gasteiger charge is -2.17. The molecule has 3 amide bonds. The largest absolute Gasteiger partial charge is 0.573 e. The van der Waals surface area contributed by atoms with Crippen LogP contribution in [0.15, 0.2) is 84.1 Å². The Bertz CT molecular complexity index is 1640. The van der Waals surface area contributed by atoms with Crippen LogP contribution in [0.4, 0.5) is 23.7 Å². The molecule has 5 rings (SSSR count). The summed E-state index contributed by atoms with van der Waals surface area (Å²) in [6, 6.07) is 20.0. The molecule has 4 aromatic rings. The van der Waals surface area contributed by atoms with E-state index in [1.54, 1.807) is 0 Å². The number of rotatable bonds is 8. The highest BCUT2D eigenvalue weighted by Crippen LogP contribution is 2.29. The van der Waals surface area contributed by atoms with E-state index in [9.17, 15) is 22.8 Å². The van der Waals surface area contributed by atoms with E-state index < -0.39 is 12.4 Å². The van der Waals surface area contributed by atoms with Crippen LogP contribution in [0.2, 0.25) is 0 Å². The number of amidine groups is 1. The number of urea groups is 1. The van der Waals surface area contributed by atoms with Gasteiger partial charge in [0.1, 0.15) is 12.1 Å². The van der Waals surface area contributed by atoms with Crippen LogP contribution in [0.1, 0.15) is 30.9 Å². The quantitative estimate of drug-likeness (QED) is 0.250. The number of nitrogens with zero attached hydrogens (tertiary/aromatic N) is 5. The van der Waals surface area contributed by atoms with Crippen LogP contribution in [0.3, 0.4) is 0 Å². The molecule has 1 aliphatic heterocycles. The molecule has 1 saturated heterocycles. The molecule has 0 saturated carbocycles. The number of amides is 3. The van der Waals surface area contributed by atoms with Crippen molar-refractivity contribution in [1.82, 2.24) is 20.1 Å². The fourth-order valence-electron chi connectivity index (χ4n) is 4.30. The van der Waals surface area contributed by atoms with Crippen molar-refractivity contribution in [1.29, 1.82) is 0 Å². The van der Waals surface area contributed by atoms with Crippen LogP contribution in [-0.4, -0.2) is 50.5 Å². The van der Waals surface area contributed by atoms with Gasteiger partial charge in [0.2, 0.25) is 5.91 Å². The zero-order chi connectivity index (χ0) is 30.6. The Morgan fingerprint density at radius 2 is 1.81 bits per heavy atom. The molecule has 0 unspecified atom stereocenters. The van der Waals surface area contributed by atoms with Gasteiger partial charge in [-0.2, -0.15) is 4.99 Å². The third-order valence-corrected chi connectivity index (χ3v) is 7.41. The molecule has 222 valence electrons. The van der Waals surface area contributed by atoms with Gasteiger partial charge in [0, 0.05) is 12.1 Å². The first-order valence-corrected chi connectivity index (χ1v) is 14.3. The van der Waals surface area contributed by atoms with E-state index in [1.807, 2.05) is 48.5 Å². The summed E-state index contributed by atoms with van der Waals surface area (Å²) in [5.74, 6) is 0.523. The molecule has 1 fully saturated rings. The minimum absolute atomic E-state index is 0.120. The number of thioether (sulfide) groups is 1. The van der Waals surface area contributed by atoms with E-state index in [4.69, 9.17) is 0 Å². The molecule has 0 aliphatic carbocycles. The van der Waals surface area contributed by atoms with Crippen molar-refractivity contribution < 1.29 is 27.5 Å². The summed E-state index contributed by atoms with van der Waals surface area (Å²) < 4.78 is 42.5. The predicted octanol–water partition coefficient (Wildman–Crippen LogP) is 6.34. The SMILES string of the molecule is CC(C)c1cccc(N2C(=O)CSC2=NC(=O)NCCc2ccc(-c3ncn(-c4ccc(OC(F)(F)F)cc4)n3)cc2)c1. The third-order valence-electron chi connectivity index (χ3n) is 6.49. The number of aromatic nitrogens is 3. The summed E-state index contributed by atoms with van der Waals surface area (Å²) in [4.78, 5) is 35.0. The normalized spacial score (nSPS) is 14.5. The Morgan fingerprint density at radius 1 is 1.07 bits per heavy atom. The molecule has 0 bridgehead atoms. The van der Waals surface area contributed by atoms with Gasteiger partial charge in [-0.3, -0.25) is 9.69 Å². The van der Waals surface area contributed by atoms with E-state index in [1.165, 1.54) is 51.9 Å². The van der Waals surface area contributed by atoms with Crippen LogP contribution in [0, 0.1) is 0 Å². The van der Waals surface area contributed by atoms with Gasteiger partial charge in [0.15, 0.2) is 11.0 Å². The Labute approximate surface area is 249 Å². The van der Waals surface area contributed by atoms with E-state index in [0.717, 1.165) is 16.7 Å². The number of carbonyl (C=O) groups excluding carboxylic acids is 2. The second-order valence-corrected chi connectivity index (χ2v) is 10.8. The van der Waals surface area contributed by atoms with Crippen LogP contribution >= 0.6 is 11.8 Å². The number of anilines is 1. The average Bonchev–Trinajstić information content (AvgIpc) is 3.60. The smallest absolute Gasteiger partial charge is 0.406 e. The molecule has 3 aromatic carbocycles. The molecule has 0 spiro atoms. The lowest BCUT2D eigenvalue weighted by Crippen LogP contribution is -2.31. The maximum Gasteiger partial charge on any atom is 0.573 e. The van der Waals surface area contributed by atoms with Gasteiger partial charge >= 0.3 is 12.4 Å². The van der Waals surface area contributed by atoms with Gasteiger partial charge in [-0.25, -0.2) is 14.5 Å². The standard InChI is InChI=1S/C30H27F3N6O3S/c1-19(2)22-4-3-5-24(16-22)39-26(40)17-43-29(39)36-28(41)34-15-14-20-6-8-21(9-7-20)27-35-18-38(37-27)23-10-12-25(13-11-23)42-30(31,32)33/h3-13,16,18-19H,14-15,17H2,1-2H3,(H,34,41). The third kappa shape index (κ3) is 7.60. The zero-order valence-corrected chi connectivity index (χ0v) is 24.0. The maximum atomic E-state index is 12.6. The first-order chi connectivity index (χ1) is 20.6. The lowest BCUT2D eigenvalue weighted by atomic mass is 10.0. The molecule has 1 N–H and O–H groups in total. The summed E-state index contributed by atoms with van der Waals surface area (Å²) in [5, 5.41) is 7.54. The fourth-order valence-corrected chi connectivity index (χ4v) is 5.17. The number of nitrogens with one attached hydrogen (secondary N) is 1. The van der Waals surface area contributed by atoms with Crippen LogP contribution in [-0.2, 0) is 11.2 Å². The van der Waals surface area contributed by atoms with E-state index >= 15 is 0 Å². The summed E-state index contributed by atoms with van der Waals surface area (Å²) in [5.41, 5.74) is 4.03. The topological polar surface area (TPSA) is 102 Å². The second-order valence-electron chi connectivity index (χ2n) is 9.90. The molecule has 9 nitrogen and oxygen atoms in total. The zero-order valence-electron chi connectivity index (χ0n) is 23.2. The molecule has 1 aromatic heterocycles. The van der Waals surface area contributed by atoms with Gasteiger partial charge in [-0.1, -0.05) is 62.0 Å². The minimum Gasteiger partial charge on any atom is -0.406 e. The van der Waals surface area contributed by atoms with Gasteiger partial charge < -0.3 is 10.1 Å². The monoisotopic (exact) mass is 608 g/mol. The fraction of sp³-hybridized carbons (Fsp3) is 0.233. The molecular formula is C30H27F3N6O3S. The summed E-state index contributed by atoms with van der Waals surface area (Å²) in [6.07, 6.45) is -2.73. The van der Waals surface area contributed by atoms with Crippen molar-refractivity contribution in [3.8, 4) is 22.8 Å². The first kappa shape index (κ1) is 29.8. The summed E-state index contributed by atoms with van der Waals surface area (Å²) in [7, 11) is 0. The van der Waals surface area contributed by atoms with Crippen molar-refractivity contribution in [2.75, 3.05) is 17.2 Å². The van der Waals surface area contributed by atoms with Gasteiger partial charge in [0.25, 0.3) is 0 Å². The van der Waals surface area contributed by atoms with Crippen LogP contribution in [0.25, 0.3) is 17.1 Å². The van der Waals surface area contributed by atoms with Gasteiger partial charge in [-0.15, -0.1) is 18.3 Å². The predicted molar refractivity (Wildman–Crippen MR) is 158 cm³/mol. The van der Waals surface area contributed by atoms with Crippen molar-refractivity contribution in [3.05, 3.63) is 90.3 Å². The van der Waals surface area contributed by atoms with Gasteiger partial charge in [0.05, 0.1) is 17.1 Å². The van der Waals surface area contributed by atoms with Crippen molar-refractivity contribution in [2.24, 2.45) is 4.99 Å². The van der Waals surface area contributed by atoms with E-state index in [-0.39, 0.29) is 17.4 Å². The highest BCUT2D eigenvalue weighted by atomic mass is 32.2. The molecule has 0 atom stereocenters. The van der Waals surface area contributed by atoms with Crippen LogP contribution in [0.5, 0.6) is 5.75 Å². The highest BCUT2D eigenvalue weighted by Gasteiger charge is 2.31. The Kier molecular flexibility index (Phi) is 8.81. The molecule has 2 heterocycles. The average molecular weight is 609 g/mol. The van der Waals surface area contributed by atoms with E-state index in [0.29, 0.717) is 41.3 Å². The Balaban J connectivity index is 1.15. The van der Waals surface area contributed by atoms with Crippen molar-refractivity contribution in [3.63, 3.8) is 0 Å². The van der Waals surface area contributed by atoms with Crippen LogP contribution < -0.4 is 15.0 Å². The number of hydrogen-bond donors (Lipinski definition) is 1. The summed E-state index contributed by atoms with van der Waals surface area (Å²) in [6.45, 7) is 4.50. The number of aliphatic imine (C=N–C) groups is 1. The first-order valence-electron chi connectivity index (χ1n) is 13.3. The minimum atomic E-state index is -4.76. The summed E-state index contributed by atoms with van der Waals surface area (Å²) >= 11 is 1.23. The molecule has 13 heteroatoms. The molecule has 1 aliphatic rings. The molecular weight excluding hydrogens is 581 g/mol. The number of carbonyl (C=O) groups is 2. The van der Waals surface area contributed by atoms with Crippen molar-refractivity contribution in [2.45, 2.75) is 32.5 Å². The Morgan fingerprint density at radius 3 is 2.51 bits per heavy atom. The number of ether oxygens (including phenoxy) is 1. The van der Waals surface area contributed by atoms with E-state index in [2.05, 4.69) is 39.0 Å². The number of hydrogen-bond acceptors (Lipinski definition) is 6. The second kappa shape index (κ2) is 12.7. The lowest BCUT2D eigenvalue weighted by molar-refractivity contribution is -0.274. The number of alkyl halides is 3. The molecule has 43 heavy (non-hydrogen) atoms. The number of benzene rings is 3. The number of halogens is 3. The Hall–Kier alpha value is -4.65. The molecule has 0 radical (unpaired) electrons.